The fourth-order valence-corrected chi connectivity index (χ4v) is 1.57. The summed E-state index contributed by atoms with van der Waals surface area (Å²) in [4.78, 5) is 17.6. The van der Waals surface area contributed by atoms with Crippen molar-refractivity contribution in [3.05, 3.63) is 29.6 Å². The average Bonchev–Trinajstić information content (AvgIpc) is 2.45. The molecule has 0 bridgehead atoms. The second kappa shape index (κ2) is 2.83. The third-order valence-electron chi connectivity index (χ3n) is 2.32. The van der Waals surface area contributed by atoms with Gasteiger partial charge in [0.25, 0.3) is 5.91 Å². The third-order valence-corrected chi connectivity index (χ3v) is 2.32. The van der Waals surface area contributed by atoms with Crippen LogP contribution in [0, 0.1) is 0 Å². The van der Waals surface area contributed by atoms with Crippen LogP contribution in [0.15, 0.2) is 18.3 Å². The summed E-state index contributed by atoms with van der Waals surface area (Å²) in [5.74, 6) is 0.0607. The fraction of sp³-hybridized carbons (Fsp3) is 0.400. The minimum Gasteiger partial charge on any atom is -0.330 e. The minimum atomic E-state index is 0.0607. The Morgan fingerprint density at radius 3 is 2.92 bits per heavy atom. The molecule has 1 aliphatic heterocycles. The molecule has 2 rings (SSSR count). The van der Waals surface area contributed by atoms with Crippen LogP contribution in [0.4, 0.5) is 0 Å². The number of pyridine rings is 1. The van der Waals surface area contributed by atoms with Gasteiger partial charge in [-0.1, -0.05) is 6.07 Å². The molecule has 0 saturated heterocycles. The van der Waals surface area contributed by atoms with Crippen LogP contribution >= 0.6 is 0 Å². The Labute approximate surface area is 77.4 Å². The molecule has 0 N–H and O–H groups in total. The van der Waals surface area contributed by atoms with E-state index in [1.807, 2.05) is 30.9 Å². The predicted molar refractivity (Wildman–Crippen MR) is 49.2 cm³/mol. The van der Waals surface area contributed by atoms with Crippen molar-refractivity contribution in [3.8, 4) is 0 Å². The van der Waals surface area contributed by atoms with E-state index in [1.165, 1.54) is 0 Å². The first-order chi connectivity index (χ1) is 6.20. The molecule has 0 spiro atoms. The van der Waals surface area contributed by atoms with Crippen molar-refractivity contribution in [3.63, 3.8) is 0 Å². The van der Waals surface area contributed by atoms with E-state index in [1.54, 1.807) is 6.20 Å². The van der Waals surface area contributed by atoms with Gasteiger partial charge in [0, 0.05) is 24.3 Å². The molecule has 1 aliphatic rings. The lowest BCUT2D eigenvalue weighted by atomic mass is 10.2. The standard InChI is InChI=1S/C10H12N2O/c1-7(2)12-6-8-4-3-5-11-9(8)10(12)13/h3-5,7H,6H2,1-2H3. The lowest BCUT2D eigenvalue weighted by Gasteiger charge is -2.19. The van der Waals surface area contributed by atoms with Crippen LogP contribution in [0.3, 0.4) is 0 Å². The highest BCUT2D eigenvalue weighted by molar-refractivity contribution is 5.96. The molecule has 0 aliphatic carbocycles. The van der Waals surface area contributed by atoms with Gasteiger partial charge >= 0.3 is 0 Å². The molecule has 0 fully saturated rings. The zero-order valence-corrected chi connectivity index (χ0v) is 7.82. The van der Waals surface area contributed by atoms with Crippen molar-refractivity contribution < 1.29 is 4.79 Å². The molecule has 1 aromatic rings. The topological polar surface area (TPSA) is 33.2 Å². The Hall–Kier alpha value is -1.38. The van der Waals surface area contributed by atoms with Crippen molar-refractivity contribution in [1.29, 1.82) is 0 Å². The summed E-state index contributed by atoms with van der Waals surface area (Å²) >= 11 is 0. The highest BCUT2D eigenvalue weighted by Crippen LogP contribution is 2.21. The van der Waals surface area contributed by atoms with Crippen LogP contribution < -0.4 is 0 Å². The van der Waals surface area contributed by atoms with E-state index in [2.05, 4.69) is 4.98 Å². The molecule has 3 heteroatoms. The summed E-state index contributed by atoms with van der Waals surface area (Å²) < 4.78 is 0. The summed E-state index contributed by atoms with van der Waals surface area (Å²) in [7, 11) is 0. The summed E-state index contributed by atoms with van der Waals surface area (Å²) in [5.41, 5.74) is 1.66. The van der Waals surface area contributed by atoms with E-state index in [9.17, 15) is 4.79 Å². The van der Waals surface area contributed by atoms with Gasteiger partial charge in [-0.05, 0) is 19.9 Å². The van der Waals surface area contributed by atoms with Gasteiger partial charge in [0.15, 0.2) is 0 Å². The van der Waals surface area contributed by atoms with Gasteiger partial charge in [-0.3, -0.25) is 9.78 Å². The van der Waals surface area contributed by atoms with Crippen LogP contribution in [0.25, 0.3) is 0 Å². The lowest BCUT2D eigenvalue weighted by molar-refractivity contribution is 0.0726. The summed E-state index contributed by atoms with van der Waals surface area (Å²) in [6, 6.07) is 4.08. The smallest absolute Gasteiger partial charge is 0.273 e. The maximum Gasteiger partial charge on any atom is 0.273 e. The van der Waals surface area contributed by atoms with Gasteiger partial charge in [0.05, 0.1) is 0 Å². The zero-order chi connectivity index (χ0) is 9.42. The molecular weight excluding hydrogens is 164 g/mol. The highest BCUT2D eigenvalue weighted by atomic mass is 16.2. The molecule has 0 aromatic carbocycles. The van der Waals surface area contributed by atoms with E-state index in [0.29, 0.717) is 12.2 Å². The Kier molecular flexibility index (Phi) is 1.79. The molecule has 0 atom stereocenters. The van der Waals surface area contributed by atoms with Crippen LogP contribution in [0.1, 0.15) is 29.9 Å². The number of carbonyl (C=O) groups excluding carboxylic acids is 1. The highest BCUT2D eigenvalue weighted by Gasteiger charge is 2.29. The van der Waals surface area contributed by atoms with E-state index in [4.69, 9.17) is 0 Å². The number of amides is 1. The number of aromatic nitrogens is 1. The van der Waals surface area contributed by atoms with Gasteiger partial charge in [0.1, 0.15) is 5.69 Å². The molecule has 68 valence electrons. The number of rotatable bonds is 1. The van der Waals surface area contributed by atoms with Gasteiger partial charge in [-0.2, -0.15) is 0 Å². The fourth-order valence-electron chi connectivity index (χ4n) is 1.57. The van der Waals surface area contributed by atoms with Crippen molar-refractivity contribution in [1.82, 2.24) is 9.88 Å². The number of nitrogens with zero attached hydrogens (tertiary/aromatic N) is 2. The van der Waals surface area contributed by atoms with Gasteiger partial charge < -0.3 is 4.90 Å². The number of carbonyl (C=O) groups is 1. The van der Waals surface area contributed by atoms with Crippen molar-refractivity contribution in [2.24, 2.45) is 0 Å². The summed E-state index contributed by atoms with van der Waals surface area (Å²) in [6.07, 6.45) is 1.67. The van der Waals surface area contributed by atoms with Gasteiger partial charge in [-0.25, -0.2) is 0 Å². The van der Waals surface area contributed by atoms with Crippen LogP contribution in [-0.2, 0) is 6.54 Å². The first kappa shape index (κ1) is 8.23. The molecule has 1 amide bonds. The van der Waals surface area contributed by atoms with E-state index < -0.39 is 0 Å². The molecular formula is C10H12N2O. The molecule has 2 heterocycles. The Morgan fingerprint density at radius 2 is 2.31 bits per heavy atom. The van der Waals surface area contributed by atoms with Crippen LogP contribution in [0.5, 0.6) is 0 Å². The average molecular weight is 176 g/mol. The zero-order valence-electron chi connectivity index (χ0n) is 7.82. The maximum atomic E-state index is 11.7. The molecule has 13 heavy (non-hydrogen) atoms. The monoisotopic (exact) mass is 176 g/mol. The van der Waals surface area contributed by atoms with Gasteiger partial charge in [-0.15, -0.1) is 0 Å². The van der Waals surface area contributed by atoms with Crippen molar-refractivity contribution in [2.75, 3.05) is 0 Å². The summed E-state index contributed by atoms with van der Waals surface area (Å²) in [5, 5.41) is 0. The normalized spacial score (nSPS) is 15.3. The Morgan fingerprint density at radius 1 is 1.54 bits per heavy atom. The largest absolute Gasteiger partial charge is 0.330 e. The predicted octanol–water partition coefficient (Wildman–Crippen LogP) is 1.45. The van der Waals surface area contributed by atoms with E-state index in [0.717, 1.165) is 5.56 Å². The number of hydrogen-bond acceptors (Lipinski definition) is 2. The lowest BCUT2D eigenvalue weighted by Crippen LogP contribution is -2.31. The van der Waals surface area contributed by atoms with Crippen molar-refractivity contribution in [2.45, 2.75) is 26.4 Å². The Balaban J connectivity index is 2.38. The maximum absolute atomic E-state index is 11.7. The van der Waals surface area contributed by atoms with E-state index in [-0.39, 0.29) is 11.9 Å². The molecule has 0 unspecified atom stereocenters. The van der Waals surface area contributed by atoms with Crippen LogP contribution in [0.2, 0.25) is 0 Å². The number of hydrogen-bond donors (Lipinski definition) is 0. The third kappa shape index (κ3) is 1.20. The molecule has 0 saturated carbocycles. The number of fused-ring (bicyclic) bond motifs is 1. The SMILES string of the molecule is CC(C)N1Cc2cccnc2C1=O. The molecule has 3 nitrogen and oxygen atoms in total. The second-order valence-electron chi connectivity index (χ2n) is 3.54. The quantitative estimate of drug-likeness (QED) is 0.648. The summed E-state index contributed by atoms with van der Waals surface area (Å²) in [6.45, 7) is 4.74. The second-order valence-corrected chi connectivity index (χ2v) is 3.54. The first-order valence-electron chi connectivity index (χ1n) is 4.45. The van der Waals surface area contributed by atoms with Gasteiger partial charge in [0.2, 0.25) is 0 Å². The van der Waals surface area contributed by atoms with Crippen molar-refractivity contribution >= 4 is 5.91 Å². The Bertz CT molecular complexity index is 347. The van der Waals surface area contributed by atoms with Crippen LogP contribution in [-0.4, -0.2) is 21.8 Å². The molecule has 0 radical (unpaired) electrons. The minimum absolute atomic E-state index is 0.0607. The molecule has 1 aromatic heterocycles. The van der Waals surface area contributed by atoms with E-state index >= 15 is 0 Å². The first-order valence-corrected chi connectivity index (χ1v) is 4.45.